The van der Waals surface area contributed by atoms with Crippen molar-refractivity contribution in [2.24, 2.45) is 0 Å². The summed E-state index contributed by atoms with van der Waals surface area (Å²) in [5.74, 6) is -0.598. The molecule has 0 bridgehead atoms. The number of thiophene rings is 1. The highest BCUT2D eigenvalue weighted by Gasteiger charge is 2.35. The smallest absolute Gasteiger partial charge is 0.254 e. The minimum atomic E-state index is -0.507. The monoisotopic (exact) mass is 485 g/mol. The van der Waals surface area contributed by atoms with E-state index in [0.717, 1.165) is 10.4 Å². The summed E-state index contributed by atoms with van der Waals surface area (Å²) in [5.41, 5.74) is 4.01. The predicted octanol–water partition coefficient (Wildman–Crippen LogP) is 6.01. The third kappa shape index (κ3) is 5.14. The summed E-state index contributed by atoms with van der Waals surface area (Å²) in [7, 11) is 0. The van der Waals surface area contributed by atoms with Gasteiger partial charge in [-0.3, -0.25) is 9.59 Å². The molecule has 1 aliphatic heterocycles. The predicted molar refractivity (Wildman–Crippen MR) is 139 cm³/mol. The molecule has 3 aromatic rings. The SMILES string of the molecule is CC1=C(C(=O)Nc2ccccc2)[C@H](c2cccs2)C(C#N)=C(SCC(=O)c2ccc(C)cc2)N1. The van der Waals surface area contributed by atoms with Crippen molar-refractivity contribution in [1.82, 2.24) is 5.32 Å². The standard InChI is InChI=1S/C27H23N3O2S2/c1-17-10-12-19(13-11-17)22(31)16-34-27-21(15-28)25(23-9-6-14-33-23)24(18(2)29-27)26(32)30-20-7-4-3-5-8-20/h3-14,25,29H,16H2,1-2H3,(H,30,32)/t25-/m0/s1. The normalized spacial score (nSPS) is 15.5. The van der Waals surface area contributed by atoms with Crippen LogP contribution in [-0.4, -0.2) is 17.4 Å². The molecule has 2 heterocycles. The van der Waals surface area contributed by atoms with E-state index in [-0.39, 0.29) is 17.4 Å². The Hall–Kier alpha value is -3.60. The van der Waals surface area contributed by atoms with Crippen molar-refractivity contribution >= 4 is 40.5 Å². The van der Waals surface area contributed by atoms with Crippen LogP contribution in [-0.2, 0) is 4.79 Å². The topological polar surface area (TPSA) is 82.0 Å². The van der Waals surface area contributed by atoms with E-state index in [4.69, 9.17) is 0 Å². The van der Waals surface area contributed by atoms with Gasteiger partial charge in [0.2, 0.25) is 0 Å². The first-order chi connectivity index (χ1) is 16.5. The van der Waals surface area contributed by atoms with Gasteiger partial charge in [-0.25, -0.2) is 0 Å². The number of para-hydroxylation sites is 1. The number of Topliss-reactive ketones (excluding diaryl/α,β-unsaturated/α-hetero) is 1. The Morgan fingerprint density at radius 2 is 1.79 bits per heavy atom. The van der Waals surface area contributed by atoms with Gasteiger partial charge in [0.25, 0.3) is 5.91 Å². The molecule has 1 atom stereocenters. The molecular formula is C27H23N3O2S2. The first-order valence-electron chi connectivity index (χ1n) is 10.7. The maximum Gasteiger partial charge on any atom is 0.254 e. The van der Waals surface area contributed by atoms with Crippen LogP contribution in [0.25, 0.3) is 0 Å². The fourth-order valence-electron chi connectivity index (χ4n) is 3.75. The summed E-state index contributed by atoms with van der Waals surface area (Å²) in [4.78, 5) is 27.0. The number of hydrogen-bond donors (Lipinski definition) is 2. The molecule has 0 saturated carbocycles. The van der Waals surface area contributed by atoms with Crippen molar-refractivity contribution in [2.75, 3.05) is 11.1 Å². The molecule has 1 aromatic heterocycles. The summed E-state index contributed by atoms with van der Waals surface area (Å²) >= 11 is 2.79. The Morgan fingerprint density at radius 1 is 1.06 bits per heavy atom. The van der Waals surface area contributed by atoms with Crippen LogP contribution in [0.15, 0.2) is 94.0 Å². The van der Waals surface area contributed by atoms with E-state index in [1.807, 2.05) is 86.0 Å². The van der Waals surface area contributed by atoms with Crippen LogP contribution in [0.1, 0.15) is 33.6 Å². The highest BCUT2D eigenvalue weighted by atomic mass is 32.2. The third-order valence-electron chi connectivity index (χ3n) is 5.47. The molecule has 0 saturated heterocycles. The summed E-state index contributed by atoms with van der Waals surface area (Å²) in [6.45, 7) is 3.81. The number of dihydropyridines is 1. The number of thioether (sulfide) groups is 1. The van der Waals surface area contributed by atoms with E-state index < -0.39 is 5.92 Å². The lowest BCUT2D eigenvalue weighted by molar-refractivity contribution is -0.113. The number of nitrogens with zero attached hydrogens (tertiary/aromatic N) is 1. The number of anilines is 1. The number of benzene rings is 2. The zero-order valence-electron chi connectivity index (χ0n) is 18.8. The number of allylic oxidation sites excluding steroid dienone is 2. The Bertz CT molecular complexity index is 1300. The Labute approximate surface area is 207 Å². The van der Waals surface area contributed by atoms with E-state index >= 15 is 0 Å². The lowest BCUT2D eigenvalue weighted by Crippen LogP contribution is -2.30. The summed E-state index contributed by atoms with van der Waals surface area (Å²) in [6, 6.07) is 22.8. The Kier molecular flexibility index (Phi) is 7.31. The number of carbonyl (C=O) groups excluding carboxylic acids is 2. The maximum atomic E-state index is 13.3. The number of amides is 1. The van der Waals surface area contributed by atoms with E-state index in [1.165, 1.54) is 23.1 Å². The van der Waals surface area contributed by atoms with Crippen LogP contribution in [0, 0.1) is 18.3 Å². The quantitative estimate of drug-likeness (QED) is 0.401. The van der Waals surface area contributed by atoms with Crippen molar-refractivity contribution in [3.05, 3.63) is 110 Å². The van der Waals surface area contributed by atoms with E-state index in [1.54, 1.807) is 0 Å². The number of nitriles is 1. The van der Waals surface area contributed by atoms with Crippen LogP contribution in [0.2, 0.25) is 0 Å². The molecule has 4 rings (SSSR count). The van der Waals surface area contributed by atoms with Crippen molar-refractivity contribution in [3.63, 3.8) is 0 Å². The molecule has 2 N–H and O–H groups in total. The van der Waals surface area contributed by atoms with Crippen LogP contribution in [0.4, 0.5) is 5.69 Å². The summed E-state index contributed by atoms with van der Waals surface area (Å²) in [5, 5.41) is 18.8. The van der Waals surface area contributed by atoms with Gasteiger partial charge in [0.1, 0.15) is 0 Å². The molecule has 170 valence electrons. The molecular weight excluding hydrogens is 462 g/mol. The molecule has 0 unspecified atom stereocenters. The largest absolute Gasteiger partial charge is 0.353 e. The van der Waals surface area contributed by atoms with Gasteiger partial charge in [0, 0.05) is 27.4 Å². The lowest BCUT2D eigenvalue weighted by atomic mass is 9.86. The van der Waals surface area contributed by atoms with Gasteiger partial charge < -0.3 is 10.6 Å². The van der Waals surface area contributed by atoms with Crippen molar-refractivity contribution < 1.29 is 9.59 Å². The fraction of sp³-hybridized carbons (Fsp3) is 0.148. The number of nitrogens with one attached hydrogen (secondary N) is 2. The van der Waals surface area contributed by atoms with E-state index in [2.05, 4.69) is 16.7 Å². The second-order valence-electron chi connectivity index (χ2n) is 7.86. The second-order valence-corrected chi connectivity index (χ2v) is 9.83. The maximum absolute atomic E-state index is 13.3. The average molecular weight is 486 g/mol. The van der Waals surface area contributed by atoms with Gasteiger partial charge in [0.15, 0.2) is 5.78 Å². The fourth-order valence-corrected chi connectivity index (χ4v) is 5.58. The molecule has 1 aliphatic rings. The molecule has 0 radical (unpaired) electrons. The number of rotatable bonds is 7. The van der Waals surface area contributed by atoms with E-state index in [0.29, 0.717) is 33.1 Å². The van der Waals surface area contributed by atoms with Gasteiger partial charge in [-0.15, -0.1) is 11.3 Å². The third-order valence-corrected chi connectivity index (χ3v) is 7.43. The first kappa shape index (κ1) is 23.6. The minimum absolute atomic E-state index is 0.0153. The van der Waals surface area contributed by atoms with Crippen LogP contribution in [0.5, 0.6) is 0 Å². The van der Waals surface area contributed by atoms with Gasteiger partial charge in [-0.05, 0) is 37.4 Å². The highest BCUT2D eigenvalue weighted by molar-refractivity contribution is 8.03. The number of carbonyl (C=O) groups is 2. The van der Waals surface area contributed by atoms with Gasteiger partial charge >= 0.3 is 0 Å². The van der Waals surface area contributed by atoms with Crippen LogP contribution in [0.3, 0.4) is 0 Å². The number of aryl methyl sites for hydroxylation is 1. The van der Waals surface area contributed by atoms with Crippen molar-refractivity contribution in [1.29, 1.82) is 5.26 Å². The Morgan fingerprint density at radius 3 is 2.44 bits per heavy atom. The van der Waals surface area contributed by atoms with Gasteiger partial charge in [0.05, 0.1) is 28.3 Å². The molecule has 1 amide bonds. The number of hydrogen-bond acceptors (Lipinski definition) is 6. The van der Waals surface area contributed by atoms with E-state index in [9.17, 15) is 14.9 Å². The van der Waals surface area contributed by atoms with Gasteiger partial charge in [-0.1, -0.05) is 65.9 Å². The van der Waals surface area contributed by atoms with Crippen LogP contribution < -0.4 is 10.6 Å². The molecule has 0 aliphatic carbocycles. The minimum Gasteiger partial charge on any atom is -0.353 e. The van der Waals surface area contributed by atoms with Gasteiger partial charge in [-0.2, -0.15) is 5.26 Å². The summed E-state index contributed by atoms with van der Waals surface area (Å²) in [6.07, 6.45) is 0. The van der Waals surface area contributed by atoms with Crippen LogP contribution >= 0.6 is 23.1 Å². The highest BCUT2D eigenvalue weighted by Crippen LogP contribution is 2.42. The zero-order valence-corrected chi connectivity index (χ0v) is 20.4. The first-order valence-corrected chi connectivity index (χ1v) is 12.6. The lowest BCUT2D eigenvalue weighted by Gasteiger charge is -2.29. The van der Waals surface area contributed by atoms with Crippen molar-refractivity contribution in [3.8, 4) is 6.07 Å². The molecule has 7 heteroatoms. The van der Waals surface area contributed by atoms with Crippen molar-refractivity contribution in [2.45, 2.75) is 19.8 Å². The summed E-state index contributed by atoms with van der Waals surface area (Å²) < 4.78 is 0. The second kappa shape index (κ2) is 10.6. The zero-order chi connectivity index (χ0) is 24.1. The molecule has 0 spiro atoms. The Balaban J connectivity index is 1.63. The molecule has 2 aromatic carbocycles. The molecule has 5 nitrogen and oxygen atoms in total. The molecule has 34 heavy (non-hydrogen) atoms. The molecule has 0 fully saturated rings. The number of ketones is 1. The average Bonchev–Trinajstić information content (AvgIpc) is 3.37.